The summed E-state index contributed by atoms with van der Waals surface area (Å²) in [7, 11) is 0. The molecule has 0 aliphatic carbocycles. The molecule has 2 aromatic heterocycles. The van der Waals surface area contributed by atoms with Crippen molar-refractivity contribution in [3.63, 3.8) is 0 Å². The van der Waals surface area contributed by atoms with Gasteiger partial charge in [-0.2, -0.15) is 5.26 Å². The Labute approximate surface area is 161 Å². The number of hydrogen-bond donors (Lipinski definition) is 1. The molecule has 4 rings (SSSR count). The van der Waals surface area contributed by atoms with Crippen molar-refractivity contribution in [2.45, 2.75) is 13.8 Å². The van der Waals surface area contributed by atoms with E-state index < -0.39 is 0 Å². The molecule has 0 atom stereocenters. The van der Waals surface area contributed by atoms with Crippen LogP contribution in [-0.4, -0.2) is 9.97 Å². The van der Waals surface area contributed by atoms with Gasteiger partial charge in [-0.3, -0.25) is 0 Å². The van der Waals surface area contributed by atoms with E-state index in [0.717, 1.165) is 27.7 Å². The highest BCUT2D eigenvalue weighted by Crippen LogP contribution is 2.28. The van der Waals surface area contributed by atoms with Crippen molar-refractivity contribution in [2.75, 3.05) is 0 Å². The zero-order valence-electron chi connectivity index (χ0n) is 14.9. The van der Waals surface area contributed by atoms with Gasteiger partial charge in [0, 0.05) is 16.7 Å². The van der Waals surface area contributed by atoms with Crippen LogP contribution in [0.3, 0.4) is 0 Å². The summed E-state index contributed by atoms with van der Waals surface area (Å²) in [6, 6.07) is 17.6. The Kier molecular flexibility index (Phi) is 4.31. The fraction of sp³-hybridized carbons (Fsp3) is 0.0909. The number of fused-ring (bicyclic) bond motifs is 1. The smallest absolute Gasteiger partial charge is 0.149 e. The Morgan fingerprint density at radius 2 is 2.00 bits per heavy atom. The Bertz CT molecular complexity index is 1220. The maximum absolute atomic E-state index is 9.57. The number of rotatable bonds is 3. The third-order valence-electron chi connectivity index (χ3n) is 4.38. The first-order chi connectivity index (χ1) is 13.0. The molecule has 2 aromatic carbocycles. The summed E-state index contributed by atoms with van der Waals surface area (Å²) in [6.07, 6.45) is 1.68. The van der Waals surface area contributed by atoms with Gasteiger partial charge in [0.1, 0.15) is 23.4 Å². The van der Waals surface area contributed by atoms with Crippen LogP contribution in [0.1, 0.15) is 22.7 Å². The monoisotopic (exact) mass is 373 g/mol. The van der Waals surface area contributed by atoms with E-state index in [2.05, 4.69) is 16.0 Å². The molecule has 0 spiro atoms. The minimum Gasteiger partial charge on any atom is -0.457 e. The highest BCUT2D eigenvalue weighted by Gasteiger charge is 2.11. The van der Waals surface area contributed by atoms with E-state index in [1.165, 1.54) is 0 Å². The standard InChI is InChI=1S/C22H16ClN3O/c1-13-3-7-19-20(9-13)26-22(25-19)16(12-24)10-17-6-8-21(27-17)15-5-4-14(2)18(23)11-15/h3-11H,1-2H3,(H,25,26)/b16-10+. The van der Waals surface area contributed by atoms with Gasteiger partial charge in [0.15, 0.2) is 0 Å². The molecular formula is C22H16ClN3O. The number of nitrogens with one attached hydrogen (secondary N) is 1. The summed E-state index contributed by atoms with van der Waals surface area (Å²) in [4.78, 5) is 7.70. The van der Waals surface area contributed by atoms with Crippen LogP contribution in [0.25, 0.3) is 34.0 Å². The minimum absolute atomic E-state index is 0.409. The van der Waals surface area contributed by atoms with E-state index in [4.69, 9.17) is 16.0 Å². The van der Waals surface area contributed by atoms with Crippen molar-refractivity contribution in [1.29, 1.82) is 5.26 Å². The molecule has 0 fully saturated rings. The molecule has 0 unspecified atom stereocenters. The molecule has 1 N–H and O–H groups in total. The number of benzene rings is 2. The second-order valence-corrected chi connectivity index (χ2v) is 6.85. The molecule has 4 nitrogen and oxygen atoms in total. The van der Waals surface area contributed by atoms with Crippen LogP contribution in [-0.2, 0) is 0 Å². The van der Waals surface area contributed by atoms with Crippen molar-refractivity contribution >= 4 is 34.3 Å². The van der Waals surface area contributed by atoms with Crippen LogP contribution in [0.2, 0.25) is 5.02 Å². The fourth-order valence-electron chi connectivity index (χ4n) is 2.88. The summed E-state index contributed by atoms with van der Waals surface area (Å²) in [5.74, 6) is 1.80. The molecule has 5 heteroatoms. The van der Waals surface area contributed by atoms with Gasteiger partial charge in [0.25, 0.3) is 0 Å². The van der Waals surface area contributed by atoms with Gasteiger partial charge in [-0.05, 0) is 55.3 Å². The third kappa shape index (κ3) is 3.38. The molecule has 0 aliphatic rings. The number of aromatic amines is 1. The normalized spacial score (nSPS) is 11.7. The molecule has 0 saturated carbocycles. The number of aromatic nitrogens is 2. The van der Waals surface area contributed by atoms with Crippen molar-refractivity contribution in [1.82, 2.24) is 9.97 Å². The van der Waals surface area contributed by atoms with Crippen molar-refractivity contribution < 1.29 is 4.42 Å². The van der Waals surface area contributed by atoms with E-state index in [0.29, 0.717) is 27.9 Å². The van der Waals surface area contributed by atoms with E-state index in [1.54, 1.807) is 6.08 Å². The molecule has 0 saturated heterocycles. The Balaban J connectivity index is 1.69. The van der Waals surface area contributed by atoms with Gasteiger partial charge in [-0.1, -0.05) is 29.8 Å². The number of imidazole rings is 1. The Morgan fingerprint density at radius 3 is 2.78 bits per heavy atom. The van der Waals surface area contributed by atoms with Crippen LogP contribution in [0.4, 0.5) is 0 Å². The number of aryl methyl sites for hydroxylation is 2. The van der Waals surface area contributed by atoms with Gasteiger partial charge in [-0.25, -0.2) is 4.98 Å². The highest BCUT2D eigenvalue weighted by molar-refractivity contribution is 6.31. The first kappa shape index (κ1) is 17.1. The van der Waals surface area contributed by atoms with Gasteiger partial charge in [0.05, 0.1) is 16.6 Å². The molecule has 0 amide bonds. The lowest BCUT2D eigenvalue weighted by molar-refractivity contribution is 0.572. The summed E-state index contributed by atoms with van der Waals surface area (Å²) in [6.45, 7) is 3.97. The molecule has 132 valence electrons. The number of halogens is 1. The summed E-state index contributed by atoms with van der Waals surface area (Å²) in [5.41, 5.74) is 5.17. The van der Waals surface area contributed by atoms with E-state index >= 15 is 0 Å². The van der Waals surface area contributed by atoms with Crippen LogP contribution >= 0.6 is 11.6 Å². The van der Waals surface area contributed by atoms with E-state index in [-0.39, 0.29) is 0 Å². The second kappa shape index (κ2) is 6.79. The zero-order valence-corrected chi connectivity index (χ0v) is 15.6. The van der Waals surface area contributed by atoms with Gasteiger partial charge in [0.2, 0.25) is 0 Å². The molecule has 0 radical (unpaired) electrons. The summed E-state index contributed by atoms with van der Waals surface area (Å²) >= 11 is 6.20. The Hall–Kier alpha value is -3.29. The van der Waals surface area contributed by atoms with E-state index in [9.17, 15) is 5.26 Å². The number of allylic oxidation sites excluding steroid dienone is 1. The first-order valence-corrected chi connectivity index (χ1v) is 8.86. The number of furan rings is 1. The van der Waals surface area contributed by atoms with Crippen LogP contribution in [0, 0.1) is 25.2 Å². The van der Waals surface area contributed by atoms with Crippen LogP contribution in [0.5, 0.6) is 0 Å². The average Bonchev–Trinajstić information content (AvgIpc) is 3.28. The lowest BCUT2D eigenvalue weighted by atomic mass is 10.1. The Morgan fingerprint density at radius 1 is 1.15 bits per heavy atom. The highest BCUT2D eigenvalue weighted by atomic mass is 35.5. The maximum Gasteiger partial charge on any atom is 0.149 e. The SMILES string of the molecule is Cc1ccc2nc(/C(C#N)=C/c3ccc(-c4ccc(C)c(Cl)c4)o3)[nH]c2c1. The maximum atomic E-state index is 9.57. The van der Waals surface area contributed by atoms with E-state index in [1.807, 2.05) is 62.4 Å². The second-order valence-electron chi connectivity index (χ2n) is 6.44. The lowest BCUT2D eigenvalue weighted by Gasteiger charge is -2.00. The minimum atomic E-state index is 0.409. The first-order valence-electron chi connectivity index (χ1n) is 8.48. The van der Waals surface area contributed by atoms with Crippen molar-refractivity contribution in [3.8, 4) is 17.4 Å². The van der Waals surface area contributed by atoms with Gasteiger partial charge < -0.3 is 9.40 Å². The quantitative estimate of drug-likeness (QED) is 0.437. The predicted molar refractivity (Wildman–Crippen MR) is 108 cm³/mol. The number of nitrogens with zero attached hydrogens (tertiary/aromatic N) is 2. The van der Waals surface area contributed by atoms with Crippen molar-refractivity contribution in [2.24, 2.45) is 0 Å². The average molecular weight is 374 g/mol. The van der Waals surface area contributed by atoms with Gasteiger partial charge in [-0.15, -0.1) is 0 Å². The number of hydrogen-bond acceptors (Lipinski definition) is 3. The van der Waals surface area contributed by atoms with Gasteiger partial charge >= 0.3 is 0 Å². The predicted octanol–water partition coefficient (Wildman–Crippen LogP) is 6.16. The largest absolute Gasteiger partial charge is 0.457 e. The molecule has 4 aromatic rings. The topological polar surface area (TPSA) is 65.6 Å². The van der Waals surface area contributed by atoms with Crippen LogP contribution < -0.4 is 0 Å². The summed E-state index contributed by atoms with van der Waals surface area (Å²) < 4.78 is 5.88. The molecular weight excluding hydrogens is 358 g/mol. The number of H-pyrrole nitrogens is 1. The molecule has 27 heavy (non-hydrogen) atoms. The molecule has 0 bridgehead atoms. The van der Waals surface area contributed by atoms with Crippen LogP contribution in [0.15, 0.2) is 52.9 Å². The lowest BCUT2D eigenvalue weighted by Crippen LogP contribution is -1.84. The fourth-order valence-corrected chi connectivity index (χ4v) is 3.06. The molecule has 0 aliphatic heterocycles. The summed E-state index contributed by atoms with van der Waals surface area (Å²) in [5, 5.41) is 10.3. The zero-order chi connectivity index (χ0) is 19.0. The third-order valence-corrected chi connectivity index (χ3v) is 4.79. The number of nitriles is 1. The van der Waals surface area contributed by atoms with Crippen molar-refractivity contribution in [3.05, 3.63) is 76.3 Å². The molecule has 2 heterocycles.